The molecule has 2 amide bonds. The van der Waals surface area contributed by atoms with E-state index >= 15 is 0 Å². The molecule has 2 rings (SSSR count). The molecule has 0 bridgehead atoms. The summed E-state index contributed by atoms with van der Waals surface area (Å²) in [5.41, 5.74) is 1.95. The predicted octanol–water partition coefficient (Wildman–Crippen LogP) is 5.15. The van der Waals surface area contributed by atoms with Gasteiger partial charge in [-0.1, -0.05) is 57.3 Å². The first-order valence-corrected chi connectivity index (χ1v) is 11.3. The minimum atomic E-state index is -0.597. The molecule has 8 heteroatoms. The second kappa shape index (κ2) is 11.1. The maximum atomic E-state index is 12.9. The van der Waals surface area contributed by atoms with Crippen molar-refractivity contribution in [1.82, 2.24) is 10.2 Å². The van der Waals surface area contributed by atoms with Crippen molar-refractivity contribution in [2.45, 2.75) is 25.3 Å². The maximum absolute atomic E-state index is 12.9. The molecule has 0 radical (unpaired) electrons. The van der Waals surface area contributed by atoms with Crippen molar-refractivity contribution in [3.63, 3.8) is 0 Å². The lowest BCUT2D eigenvalue weighted by molar-refractivity contribution is -0.138. The van der Waals surface area contributed by atoms with Crippen LogP contribution >= 0.6 is 50.9 Å². The van der Waals surface area contributed by atoms with Gasteiger partial charge in [-0.3, -0.25) is 9.59 Å². The quantitative estimate of drug-likeness (QED) is 0.541. The zero-order chi connectivity index (χ0) is 20.7. The van der Waals surface area contributed by atoms with Crippen molar-refractivity contribution in [3.05, 3.63) is 68.1 Å². The molecule has 0 aliphatic rings. The fourth-order valence-corrected chi connectivity index (χ4v) is 4.00. The molecule has 0 spiro atoms. The van der Waals surface area contributed by atoms with E-state index in [2.05, 4.69) is 21.2 Å². The third kappa shape index (κ3) is 6.69. The molecule has 150 valence electrons. The van der Waals surface area contributed by atoms with Gasteiger partial charge in [-0.15, -0.1) is 11.8 Å². The van der Waals surface area contributed by atoms with Gasteiger partial charge in [-0.2, -0.15) is 0 Å². The molecule has 2 aromatic carbocycles. The largest absolute Gasteiger partial charge is 0.357 e. The van der Waals surface area contributed by atoms with Crippen molar-refractivity contribution in [2.75, 3.05) is 12.8 Å². The summed E-state index contributed by atoms with van der Waals surface area (Å²) in [7, 11) is 1.56. The zero-order valence-electron chi connectivity index (χ0n) is 15.5. The second-order valence-electron chi connectivity index (χ2n) is 6.18. The first-order valence-electron chi connectivity index (χ1n) is 8.59. The molecule has 0 heterocycles. The summed E-state index contributed by atoms with van der Waals surface area (Å²) in [5.74, 6) is 0.669. The molecule has 1 N–H and O–H groups in total. The topological polar surface area (TPSA) is 49.4 Å². The first kappa shape index (κ1) is 23.1. The number of carbonyl (C=O) groups excluding carboxylic acids is 2. The number of hydrogen-bond donors (Lipinski definition) is 1. The van der Waals surface area contributed by atoms with E-state index < -0.39 is 6.04 Å². The summed E-state index contributed by atoms with van der Waals surface area (Å²) in [6.07, 6.45) is 0. The van der Waals surface area contributed by atoms with Crippen LogP contribution in [-0.2, 0) is 21.9 Å². The highest BCUT2D eigenvalue weighted by atomic mass is 79.9. The second-order valence-corrected chi connectivity index (χ2v) is 8.90. The Bertz CT molecular complexity index is 833. The van der Waals surface area contributed by atoms with E-state index in [1.165, 1.54) is 11.8 Å². The molecule has 0 aromatic heterocycles. The molecule has 0 aliphatic heterocycles. The van der Waals surface area contributed by atoms with Crippen LogP contribution in [0.5, 0.6) is 0 Å². The molecule has 1 unspecified atom stereocenters. The van der Waals surface area contributed by atoms with E-state index in [0.717, 1.165) is 15.6 Å². The summed E-state index contributed by atoms with van der Waals surface area (Å²) in [6, 6.07) is 12.6. The Hall–Kier alpha value is -1.21. The number of benzene rings is 2. The average Bonchev–Trinajstić information content (AvgIpc) is 2.69. The minimum absolute atomic E-state index is 0.107. The smallest absolute Gasteiger partial charge is 0.242 e. The Morgan fingerprint density at radius 3 is 2.36 bits per heavy atom. The van der Waals surface area contributed by atoms with Crippen molar-refractivity contribution < 1.29 is 9.59 Å². The van der Waals surface area contributed by atoms with Crippen LogP contribution in [0.2, 0.25) is 10.0 Å². The van der Waals surface area contributed by atoms with Gasteiger partial charge in [0.05, 0.1) is 15.8 Å². The number of hydrogen-bond acceptors (Lipinski definition) is 3. The molecule has 0 aliphatic carbocycles. The van der Waals surface area contributed by atoms with Crippen molar-refractivity contribution >= 4 is 62.7 Å². The summed E-state index contributed by atoms with van der Waals surface area (Å²) in [6.45, 7) is 2.00. The third-order valence-corrected chi connectivity index (χ3v) is 6.41. The normalized spacial score (nSPS) is 11.8. The highest BCUT2D eigenvalue weighted by molar-refractivity contribution is 9.10. The first-order chi connectivity index (χ1) is 13.3. The van der Waals surface area contributed by atoms with Crippen LogP contribution in [0.1, 0.15) is 18.1 Å². The summed E-state index contributed by atoms with van der Waals surface area (Å²) in [5, 5.41) is 3.47. The number of likely N-dealkylation sites (N-methyl/N-ethyl adjacent to an activating group) is 1. The number of rotatable bonds is 8. The van der Waals surface area contributed by atoms with Gasteiger partial charge in [0.2, 0.25) is 11.8 Å². The van der Waals surface area contributed by atoms with Crippen LogP contribution in [0.4, 0.5) is 0 Å². The van der Waals surface area contributed by atoms with Crippen LogP contribution in [0.3, 0.4) is 0 Å². The summed E-state index contributed by atoms with van der Waals surface area (Å²) in [4.78, 5) is 26.6. The van der Waals surface area contributed by atoms with Gasteiger partial charge in [0.25, 0.3) is 0 Å². The van der Waals surface area contributed by atoms with Crippen LogP contribution in [0.25, 0.3) is 0 Å². The highest BCUT2D eigenvalue weighted by Gasteiger charge is 2.25. The van der Waals surface area contributed by atoms with E-state index in [-0.39, 0.29) is 24.1 Å². The number of amides is 2. The third-order valence-electron chi connectivity index (χ3n) is 4.16. The zero-order valence-corrected chi connectivity index (χ0v) is 19.5. The van der Waals surface area contributed by atoms with Gasteiger partial charge >= 0.3 is 0 Å². The minimum Gasteiger partial charge on any atom is -0.357 e. The van der Waals surface area contributed by atoms with E-state index in [1.807, 2.05) is 24.3 Å². The molecule has 0 fully saturated rings. The molecular weight excluding hydrogens is 483 g/mol. The van der Waals surface area contributed by atoms with Gasteiger partial charge < -0.3 is 10.2 Å². The number of nitrogens with zero attached hydrogens (tertiary/aromatic N) is 1. The number of halogens is 3. The van der Waals surface area contributed by atoms with Crippen LogP contribution in [0, 0.1) is 0 Å². The monoisotopic (exact) mass is 502 g/mol. The number of thioether (sulfide) groups is 1. The van der Waals surface area contributed by atoms with Crippen LogP contribution < -0.4 is 5.32 Å². The lowest BCUT2D eigenvalue weighted by Crippen LogP contribution is -2.47. The molecule has 4 nitrogen and oxygen atoms in total. The van der Waals surface area contributed by atoms with E-state index in [1.54, 1.807) is 37.1 Å². The molecule has 0 saturated carbocycles. The van der Waals surface area contributed by atoms with Gasteiger partial charge in [0, 0.05) is 23.8 Å². The lowest BCUT2D eigenvalue weighted by Gasteiger charge is -2.28. The molecule has 2 aromatic rings. The Labute approximate surface area is 188 Å². The van der Waals surface area contributed by atoms with Crippen molar-refractivity contribution in [2.24, 2.45) is 0 Å². The van der Waals surface area contributed by atoms with Gasteiger partial charge in [-0.25, -0.2) is 0 Å². The lowest BCUT2D eigenvalue weighted by atomic mass is 10.1. The van der Waals surface area contributed by atoms with E-state index in [0.29, 0.717) is 15.8 Å². The van der Waals surface area contributed by atoms with Gasteiger partial charge in [0.1, 0.15) is 6.04 Å². The van der Waals surface area contributed by atoms with Gasteiger partial charge in [-0.05, 0) is 42.3 Å². The summed E-state index contributed by atoms with van der Waals surface area (Å²) < 4.78 is 1.02. The Kier molecular flexibility index (Phi) is 9.15. The summed E-state index contributed by atoms with van der Waals surface area (Å²) >= 11 is 17.0. The molecule has 0 saturated heterocycles. The maximum Gasteiger partial charge on any atom is 0.242 e. The van der Waals surface area contributed by atoms with Crippen LogP contribution in [-0.4, -0.2) is 35.6 Å². The molecule has 1 atom stereocenters. The van der Waals surface area contributed by atoms with Crippen LogP contribution in [0.15, 0.2) is 46.9 Å². The number of nitrogens with one attached hydrogen (secondary N) is 1. The molecular formula is C20H21BrCl2N2O2S. The standard InChI is InChI=1S/C20H21BrCl2N2O2S/c1-13(20(27)24-2)25(10-15-5-8-17(22)18(23)9-15)19(26)12-28-11-14-3-6-16(21)7-4-14/h3-9,13H,10-12H2,1-2H3,(H,24,27). The Morgan fingerprint density at radius 1 is 1.11 bits per heavy atom. The number of carbonyl (C=O) groups is 2. The average molecular weight is 504 g/mol. The van der Waals surface area contributed by atoms with Crippen molar-refractivity contribution in [3.8, 4) is 0 Å². The fraction of sp³-hybridized carbons (Fsp3) is 0.300. The van der Waals surface area contributed by atoms with Gasteiger partial charge in [0.15, 0.2) is 0 Å². The molecule has 28 heavy (non-hydrogen) atoms. The van der Waals surface area contributed by atoms with E-state index in [9.17, 15) is 9.59 Å². The fourth-order valence-electron chi connectivity index (χ4n) is 2.55. The van der Waals surface area contributed by atoms with Crippen molar-refractivity contribution in [1.29, 1.82) is 0 Å². The SMILES string of the molecule is CNC(=O)C(C)N(Cc1ccc(Cl)c(Cl)c1)C(=O)CSCc1ccc(Br)cc1. The Morgan fingerprint density at radius 2 is 1.75 bits per heavy atom. The highest BCUT2D eigenvalue weighted by Crippen LogP contribution is 2.24. The predicted molar refractivity (Wildman–Crippen MR) is 121 cm³/mol. The Balaban J connectivity index is 2.06. The van der Waals surface area contributed by atoms with E-state index in [4.69, 9.17) is 23.2 Å².